The third-order valence-corrected chi connectivity index (χ3v) is 4.91. The number of halogens is 9. The lowest BCUT2D eigenvalue weighted by molar-refractivity contribution is -0.142. The molecule has 3 aromatic rings. The number of aryl methyl sites for hydroxylation is 2. The van der Waals surface area contributed by atoms with E-state index in [1.165, 1.54) is 12.1 Å². The zero-order chi connectivity index (χ0) is 27.2. The number of hydrogen-bond acceptors (Lipinski definition) is 2. The van der Waals surface area contributed by atoms with Crippen LogP contribution in [-0.4, -0.2) is 6.61 Å². The van der Waals surface area contributed by atoms with E-state index in [9.17, 15) is 39.6 Å². The van der Waals surface area contributed by atoms with Crippen molar-refractivity contribution in [2.45, 2.75) is 40.0 Å². The Morgan fingerprint density at radius 1 is 0.750 bits per heavy atom. The minimum atomic E-state index is -5.16. The number of ether oxygens (including phenoxy) is 1. The monoisotopic (exact) mass is 524 g/mol. The van der Waals surface area contributed by atoms with Gasteiger partial charge in [-0.1, -0.05) is 6.92 Å². The molecule has 0 atom stereocenters. The van der Waals surface area contributed by atoms with E-state index in [1.807, 2.05) is 32.9 Å². The molecule has 0 N–H and O–H groups in total. The van der Waals surface area contributed by atoms with Gasteiger partial charge in [0.1, 0.15) is 41.3 Å². The molecule has 0 aliphatic carbocycles. The topological polar surface area (TPSA) is 18.5 Å². The molecule has 0 radical (unpaired) electrons. The van der Waals surface area contributed by atoms with Gasteiger partial charge in [-0.2, -0.15) is 13.2 Å². The maximum absolute atomic E-state index is 13.7. The molecule has 3 aromatic carbocycles. The van der Waals surface area contributed by atoms with Crippen molar-refractivity contribution in [3.8, 4) is 22.6 Å². The Balaban J connectivity index is 0.000000281. The smallest absolute Gasteiger partial charge is 0.422 e. The highest BCUT2D eigenvalue weighted by Gasteiger charge is 2.38. The molecule has 0 fully saturated rings. The van der Waals surface area contributed by atoms with Crippen LogP contribution in [-0.2, 0) is 12.9 Å². The van der Waals surface area contributed by atoms with Crippen molar-refractivity contribution < 1.29 is 49.3 Å². The van der Waals surface area contributed by atoms with Gasteiger partial charge in [-0.15, -0.1) is 0 Å². The van der Waals surface area contributed by atoms with Crippen LogP contribution >= 0.6 is 0 Å². The lowest BCUT2D eigenvalue weighted by Crippen LogP contribution is -2.11. The molecule has 0 aromatic heterocycles. The molecule has 0 aliphatic rings. The van der Waals surface area contributed by atoms with Gasteiger partial charge in [0.05, 0.1) is 12.2 Å². The van der Waals surface area contributed by atoms with Crippen LogP contribution < -0.4 is 9.68 Å². The molecule has 196 valence electrons. The maximum atomic E-state index is 13.7. The molecule has 0 unspecified atom stereocenters. The maximum Gasteiger partial charge on any atom is 0.422 e. The Bertz CT molecular complexity index is 1140. The second kappa shape index (κ2) is 12.0. The molecule has 3 rings (SSSR count). The van der Waals surface area contributed by atoms with Gasteiger partial charge in [0, 0.05) is 16.7 Å². The van der Waals surface area contributed by atoms with E-state index in [0.717, 1.165) is 23.3 Å². The van der Waals surface area contributed by atoms with E-state index in [4.69, 9.17) is 4.74 Å². The van der Waals surface area contributed by atoms with Crippen molar-refractivity contribution in [1.82, 2.24) is 0 Å². The van der Waals surface area contributed by atoms with Gasteiger partial charge in [-0.3, -0.25) is 4.94 Å². The van der Waals surface area contributed by atoms with Gasteiger partial charge in [-0.25, -0.2) is 22.0 Å². The Labute approximate surface area is 201 Å². The fourth-order valence-electron chi connectivity index (χ4n) is 3.31. The van der Waals surface area contributed by atoms with Crippen LogP contribution in [0.3, 0.4) is 0 Å². The lowest BCUT2D eigenvalue weighted by atomic mass is 9.98. The molecule has 0 bridgehead atoms. The molecule has 36 heavy (non-hydrogen) atoms. The first kappa shape index (κ1) is 28.9. The van der Waals surface area contributed by atoms with Crippen LogP contribution in [0.2, 0.25) is 0 Å². The molecular formula is C25H21F9O2. The van der Waals surface area contributed by atoms with Crippen molar-refractivity contribution in [3.05, 3.63) is 81.9 Å². The van der Waals surface area contributed by atoms with E-state index in [0.29, 0.717) is 17.7 Å². The summed E-state index contributed by atoms with van der Waals surface area (Å²) in [4.78, 5) is 2.90. The molecule has 11 heteroatoms. The lowest BCUT2D eigenvalue weighted by Gasteiger charge is -2.14. The number of hydrogen-bond donors (Lipinski definition) is 0. The SMILES string of the molecule is CCCOc1c(C)cc(-c2cc(F)c(CF)c(F)c2)cc1C.FOc1cc(F)c(C(F)(F)F)c(F)c1. The summed E-state index contributed by atoms with van der Waals surface area (Å²) in [7, 11) is 0. The normalized spacial score (nSPS) is 11.1. The van der Waals surface area contributed by atoms with E-state index < -0.39 is 53.0 Å². The molecule has 0 aliphatic heterocycles. The van der Waals surface area contributed by atoms with Crippen molar-refractivity contribution in [2.75, 3.05) is 6.61 Å². The van der Waals surface area contributed by atoms with Crippen LogP contribution in [0.5, 0.6) is 11.5 Å². The molecule has 0 saturated heterocycles. The Hall–Kier alpha value is -3.37. The quantitative estimate of drug-likeness (QED) is 0.300. The average molecular weight is 524 g/mol. The van der Waals surface area contributed by atoms with Gasteiger partial charge in [0.25, 0.3) is 0 Å². The predicted octanol–water partition coefficient (Wildman–Crippen LogP) is 8.75. The summed E-state index contributed by atoms with van der Waals surface area (Å²) in [6.45, 7) is 5.28. The number of alkyl halides is 4. The van der Waals surface area contributed by atoms with Gasteiger partial charge in [0.15, 0.2) is 5.75 Å². The van der Waals surface area contributed by atoms with Crippen LogP contribution in [0.15, 0.2) is 36.4 Å². The summed E-state index contributed by atoms with van der Waals surface area (Å²) >= 11 is 0. The zero-order valence-corrected chi connectivity index (χ0v) is 19.3. The number of rotatable bonds is 6. The van der Waals surface area contributed by atoms with Crippen LogP contribution in [0, 0.1) is 37.1 Å². The molecular weight excluding hydrogens is 503 g/mol. The summed E-state index contributed by atoms with van der Waals surface area (Å²) < 4.78 is 118. The predicted molar refractivity (Wildman–Crippen MR) is 115 cm³/mol. The van der Waals surface area contributed by atoms with Crippen molar-refractivity contribution in [1.29, 1.82) is 0 Å². The van der Waals surface area contributed by atoms with Crippen molar-refractivity contribution >= 4 is 0 Å². The summed E-state index contributed by atoms with van der Waals surface area (Å²) in [5.74, 6) is -5.74. The average Bonchev–Trinajstić information content (AvgIpc) is 2.77. The highest BCUT2D eigenvalue weighted by Crippen LogP contribution is 2.35. The van der Waals surface area contributed by atoms with E-state index >= 15 is 0 Å². The first-order valence-corrected chi connectivity index (χ1v) is 10.5. The molecule has 0 spiro atoms. The minimum Gasteiger partial charge on any atom is -0.493 e. The minimum absolute atomic E-state index is 0.103. The summed E-state index contributed by atoms with van der Waals surface area (Å²) in [6, 6.07) is 6.18. The van der Waals surface area contributed by atoms with Crippen molar-refractivity contribution in [2.24, 2.45) is 0 Å². The Kier molecular flexibility index (Phi) is 9.66. The first-order chi connectivity index (χ1) is 16.8. The summed E-state index contributed by atoms with van der Waals surface area (Å²) in [5.41, 5.74) is 0.276. The molecule has 0 amide bonds. The highest BCUT2D eigenvalue weighted by atomic mass is 19.4. The molecule has 0 heterocycles. The van der Waals surface area contributed by atoms with Crippen LogP contribution in [0.4, 0.5) is 39.6 Å². The van der Waals surface area contributed by atoms with E-state index in [2.05, 4.69) is 4.94 Å². The Morgan fingerprint density at radius 3 is 1.61 bits per heavy atom. The van der Waals surface area contributed by atoms with Gasteiger partial charge >= 0.3 is 6.18 Å². The van der Waals surface area contributed by atoms with Crippen LogP contribution in [0.25, 0.3) is 11.1 Å². The van der Waals surface area contributed by atoms with Crippen molar-refractivity contribution in [3.63, 3.8) is 0 Å². The number of benzene rings is 3. The van der Waals surface area contributed by atoms with E-state index in [1.54, 1.807) is 0 Å². The largest absolute Gasteiger partial charge is 0.493 e. The van der Waals surface area contributed by atoms with Crippen LogP contribution in [0.1, 0.15) is 35.6 Å². The second-order valence-corrected chi connectivity index (χ2v) is 7.68. The zero-order valence-electron chi connectivity index (χ0n) is 19.3. The van der Waals surface area contributed by atoms with Gasteiger partial charge < -0.3 is 4.74 Å². The fraction of sp³-hybridized carbons (Fsp3) is 0.280. The summed E-state index contributed by atoms with van der Waals surface area (Å²) in [5, 5.41) is 0. The van der Waals surface area contributed by atoms with Gasteiger partial charge in [-0.05, 0) is 66.8 Å². The highest BCUT2D eigenvalue weighted by molar-refractivity contribution is 5.68. The fourth-order valence-corrected chi connectivity index (χ4v) is 3.31. The third kappa shape index (κ3) is 6.86. The third-order valence-electron chi connectivity index (χ3n) is 4.91. The first-order valence-electron chi connectivity index (χ1n) is 10.5. The standard InChI is InChI=1S/C18H19F3O.C7H2F6O/c1-4-5-22-18-11(2)6-13(7-12(18)3)14-8-16(20)15(10-19)17(21)9-14;8-4-1-3(14-13)2-5(9)6(4)7(10,11)12/h6-9H,4-5,10H2,1-3H3;1-2H. The van der Waals surface area contributed by atoms with Gasteiger partial charge in [0.2, 0.25) is 0 Å². The van der Waals surface area contributed by atoms with E-state index in [-0.39, 0.29) is 12.1 Å². The Morgan fingerprint density at radius 2 is 1.22 bits per heavy atom. The molecule has 2 nitrogen and oxygen atoms in total. The molecule has 0 saturated carbocycles. The second-order valence-electron chi connectivity index (χ2n) is 7.68. The summed E-state index contributed by atoms with van der Waals surface area (Å²) in [6.07, 6.45) is -4.26.